The van der Waals surface area contributed by atoms with E-state index in [-0.39, 0.29) is 0 Å². The van der Waals surface area contributed by atoms with E-state index in [1.54, 1.807) is 0 Å². The van der Waals surface area contributed by atoms with Crippen molar-refractivity contribution in [2.45, 2.75) is 44.6 Å². The van der Waals surface area contributed by atoms with Crippen molar-refractivity contribution in [3.05, 3.63) is 32.7 Å². The predicted octanol–water partition coefficient (Wildman–Crippen LogP) is 4.80. The molecule has 0 radical (unpaired) electrons. The van der Waals surface area contributed by atoms with E-state index in [0.29, 0.717) is 18.9 Å². The molecule has 9 heteroatoms. The lowest BCUT2D eigenvalue weighted by atomic mass is 10.2. The van der Waals surface area contributed by atoms with E-state index in [4.69, 9.17) is 26.8 Å². The molecule has 6 nitrogen and oxygen atoms in total. The third-order valence-corrected chi connectivity index (χ3v) is 6.70. The minimum Gasteiger partial charge on any atom is -0.377 e. The number of hydrogen-bond donors (Lipinski definition) is 1. The summed E-state index contributed by atoms with van der Waals surface area (Å²) in [5, 5.41) is 8.86. The number of hydrogen-bond acceptors (Lipinski definition) is 7. The Bertz CT molecular complexity index is 813. The third-order valence-electron chi connectivity index (χ3n) is 4.99. The van der Waals surface area contributed by atoms with Crippen LogP contribution in [0.25, 0.3) is 0 Å². The van der Waals surface area contributed by atoms with Crippen LogP contribution in [0.2, 0.25) is 0 Å². The molecule has 2 atom stereocenters. The fraction of sp³-hybridized carbons (Fsp3) is 0.579. The number of anilines is 2. The number of aromatic nitrogens is 2. The Morgan fingerprint density at radius 2 is 1.93 bits per heavy atom. The molecule has 2 aliphatic heterocycles. The van der Waals surface area contributed by atoms with E-state index >= 15 is 0 Å². The number of nitrogens with one attached hydrogen (secondary N) is 1. The topological polar surface area (TPSA) is 51.6 Å². The lowest BCUT2D eigenvalue weighted by molar-refractivity contribution is 0.0237. The molecule has 0 spiro atoms. The second kappa shape index (κ2) is 9.77. The van der Waals surface area contributed by atoms with Crippen molar-refractivity contribution >= 4 is 50.3 Å². The zero-order valence-corrected chi connectivity index (χ0v) is 18.9. The molecule has 1 N–H and O–H groups in total. The zero-order chi connectivity index (χ0) is 19.3. The Balaban J connectivity index is 1.44. The fourth-order valence-corrected chi connectivity index (χ4v) is 5.08. The van der Waals surface area contributed by atoms with Crippen LogP contribution in [0, 0.1) is 3.95 Å². The van der Waals surface area contributed by atoms with E-state index in [0.717, 1.165) is 71.2 Å². The van der Waals surface area contributed by atoms with Gasteiger partial charge in [0.1, 0.15) is 0 Å². The molecular weight excluding hydrogens is 460 g/mol. The van der Waals surface area contributed by atoms with Crippen LogP contribution in [-0.2, 0) is 16.1 Å². The molecule has 2 fully saturated rings. The van der Waals surface area contributed by atoms with Gasteiger partial charge in [0.15, 0.2) is 3.95 Å². The number of nitrogens with zero attached hydrogens (tertiary/aromatic N) is 3. The smallest absolute Gasteiger partial charge is 0.209 e. The summed E-state index contributed by atoms with van der Waals surface area (Å²) in [6, 6.07) is 8.03. The lowest BCUT2D eigenvalue weighted by Gasteiger charge is -2.27. The van der Waals surface area contributed by atoms with Gasteiger partial charge in [-0.05, 0) is 56.1 Å². The Hall–Kier alpha value is -0.840. The van der Waals surface area contributed by atoms with E-state index in [2.05, 4.69) is 26.1 Å². The van der Waals surface area contributed by atoms with Crippen LogP contribution in [0.1, 0.15) is 25.7 Å². The molecule has 2 aliphatic rings. The van der Waals surface area contributed by atoms with E-state index in [1.165, 1.54) is 11.3 Å². The first-order chi connectivity index (χ1) is 13.7. The van der Waals surface area contributed by atoms with Crippen molar-refractivity contribution in [3.8, 4) is 0 Å². The molecular formula is C19H25BrN4O2S2. The van der Waals surface area contributed by atoms with Crippen LogP contribution in [0.4, 0.5) is 10.8 Å². The van der Waals surface area contributed by atoms with Gasteiger partial charge in [-0.15, -0.1) is 5.10 Å². The molecule has 28 heavy (non-hydrogen) atoms. The normalized spacial score (nSPS) is 22.2. The number of ether oxygens (including phenoxy) is 2. The number of halogens is 1. The molecule has 1 aromatic heterocycles. The van der Waals surface area contributed by atoms with Crippen molar-refractivity contribution in [3.63, 3.8) is 0 Å². The van der Waals surface area contributed by atoms with Crippen molar-refractivity contribution in [1.82, 2.24) is 14.7 Å². The monoisotopic (exact) mass is 484 g/mol. The predicted molar refractivity (Wildman–Crippen MR) is 118 cm³/mol. The van der Waals surface area contributed by atoms with Gasteiger partial charge in [-0.3, -0.25) is 4.90 Å². The summed E-state index contributed by atoms with van der Waals surface area (Å²) in [4.78, 5) is 2.38. The van der Waals surface area contributed by atoms with Gasteiger partial charge in [-0.1, -0.05) is 33.3 Å². The van der Waals surface area contributed by atoms with Gasteiger partial charge in [-0.25, -0.2) is 4.68 Å². The van der Waals surface area contributed by atoms with Gasteiger partial charge in [-0.2, -0.15) is 0 Å². The van der Waals surface area contributed by atoms with Gasteiger partial charge in [0, 0.05) is 36.5 Å². The van der Waals surface area contributed by atoms with Crippen molar-refractivity contribution in [1.29, 1.82) is 0 Å². The summed E-state index contributed by atoms with van der Waals surface area (Å²) < 4.78 is 15.4. The van der Waals surface area contributed by atoms with Crippen LogP contribution in [0.3, 0.4) is 0 Å². The molecule has 4 rings (SSSR count). The van der Waals surface area contributed by atoms with Crippen LogP contribution in [0.5, 0.6) is 0 Å². The molecule has 0 saturated carbocycles. The average molecular weight is 485 g/mol. The van der Waals surface area contributed by atoms with Gasteiger partial charge < -0.3 is 14.8 Å². The first kappa shape index (κ1) is 20.4. The molecule has 152 valence electrons. The molecule has 0 aliphatic carbocycles. The molecule has 0 unspecified atom stereocenters. The van der Waals surface area contributed by atoms with Gasteiger partial charge in [0.25, 0.3) is 0 Å². The third kappa shape index (κ3) is 5.61. The van der Waals surface area contributed by atoms with Gasteiger partial charge >= 0.3 is 0 Å². The second-order valence-corrected chi connectivity index (χ2v) is 9.79. The maximum absolute atomic E-state index is 5.86. The highest BCUT2D eigenvalue weighted by Gasteiger charge is 2.24. The molecule has 0 bridgehead atoms. The quantitative estimate of drug-likeness (QED) is 0.543. The Labute approximate surface area is 183 Å². The van der Waals surface area contributed by atoms with Crippen LogP contribution in [-0.4, -0.2) is 53.2 Å². The Morgan fingerprint density at radius 3 is 2.54 bits per heavy atom. The standard InChI is InChI=1S/C19H25BrN4O2S2/c20-14-4-1-5-15(10-14)21-18-22-24(19(27)28-18)13-23(11-16-6-2-8-25-16)12-17-7-3-9-26-17/h1,4-5,10,16-17H,2-3,6-9,11-13H2,(H,21,22)/t16-,17+. The zero-order valence-electron chi connectivity index (χ0n) is 15.7. The highest BCUT2D eigenvalue weighted by molar-refractivity contribution is 9.10. The highest BCUT2D eigenvalue weighted by Crippen LogP contribution is 2.24. The Morgan fingerprint density at radius 1 is 1.21 bits per heavy atom. The van der Waals surface area contributed by atoms with Crippen LogP contribution in [0.15, 0.2) is 28.7 Å². The SMILES string of the molecule is S=c1sc(Nc2cccc(Br)c2)nn1CN(C[C@H]1CCCO1)C[C@@H]1CCCO1. The van der Waals surface area contributed by atoms with Crippen molar-refractivity contribution < 1.29 is 9.47 Å². The number of rotatable bonds is 8. The molecule has 2 aromatic rings. The summed E-state index contributed by atoms with van der Waals surface area (Å²) in [6.45, 7) is 4.20. The fourth-order valence-electron chi connectivity index (χ4n) is 3.67. The summed E-state index contributed by atoms with van der Waals surface area (Å²) in [6.07, 6.45) is 5.15. The number of benzene rings is 1. The van der Waals surface area contributed by atoms with Gasteiger partial charge in [0.2, 0.25) is 5.13 Å². The first-order valence-electron chi connectivity index (χ1n) is 9.72. The maximum Gasteiger partial charge on any atom is 0.209 e. The van der Waals surface area contributed by atoms with E-state index < -0.39 is 0 Å². The van der Waals surface area contributed by atoms with Crippen LogP contribution < -0.4 is 5.32 Å². The Kier molecular flexibility index (Phi) is 7.13. The largest absolute Gasteiger partial charge is 0.377 e. The van der Waals surface area contributed by atoms with Gasteiger partial charge in [0.05, 0.1) is 18.9 Å². The van der Waals surface area contributed by atoms with Crippen molar-refractivity contribution in [2.75, 3.05) is 31.6 Å². The first-order valence-corrected chi connectivity index (χ1v) is 11.7. The molecule has 2 saturated heterocycles. The summed E-state index contributed by atoms with van der Waals surface area (Å²) in [5.74, 6) is 0. The second-order valence-electron chi connectivity index (χ2n) is 7.26. The highest BCUT2D eigenvalue weighted by atomic mass is 79.9. The lowest BCUT2D eigenvalue weighted by Crippen LogP contribution is -2.39. The minimum atomic E-state index is 0.300. The van der Waals surface area contributed by atoms with Crippen LogP contribution >= 0.6 is 39.5 Å². The molecule has 3 heterocycles. The molecule has 1 aromatic carbocycles. The minimum absolute atomic E-state index is 0.300. The van der Waals surface area contributed by atoms with Crippen molar-refractivity contribution in [2.24, 2.45) is 0 Å². The van der Waals surface area contributed by atoms with E-state index in [1.807, 2.05) is 28.9 Å². The summed E-state index contributed by atoms with van der Waals surface area (Å²) >= 11 is 10.6. The summed E-state index contributed by atoms with van der Waals surface area (Å²) in [5.41, 5.74) is 0.987. The maximum atomic E-state index is 5.86. The summed E-state index contributed by atoms with van der Waals surface area (Å²) in [7, 11) is 0. The average Bonchev–Trinajstić information content (AvgIpc) is 3.40. The molecule has 0 amide bonds. The van der Waals surface area contributed by atoms with E-state index in [9.17, 15) is 0 Å².